The van der Waals surface area contributed by atoms with Gasteiger partial charge < -0.3 is 10.2 Å². The van der Waals surface area contributed by atoms with Crippen molar-refractivity contribution in [2.75, 3.05) is 11.9 Å². The first-order valence-electron chi connectivity index (χ1n) is 11.2. The minimum Gasteiger partial charge on any atom is -0.356 e. The van der Waals surface area contributed by atoms with Crippen LogP contribution < -0.4 is 10.2 Å². The first kappa shape index (κ1) is 22.8. The Morgan fingerprint density at radius 1 is 1.18 bits per heavy atom. The Balaban J connectivity index is 1.21. The van der Waals surface area contributed by atoms with E-state index in [-0.39, 0.29) is 10.9 Å². The smallest absolute Gasteiger partial charge is 0.356 e. The number of halogens is 3. The number of hydrogen-bond donors (Lipinski definition) is 1. The normalized spacial score (nSPS) is 18.6. The van der Waals surface area contributed by atoms with Crippen LogP contribution in [-0.4, -0.2) is 45.1 Å². The first-order valence-corrected chi connectivity index (χ1v) is 12.0. The van der Waals surface area contributed by atoms with Crippen LogP contribution in [-0.2, 0) is 13.0 Å². The van der Waals surface area contributed by atoms with Crippen LogP contribution in [0.15, 0.2) is 55.1 Å². The number of thiophene rings is 1. The second kappa shape index (κ2) is 9.34. The topological polar surface area (TPSA) is 58.9 Å². The summed E-state index contributed by atoms with van der Waals surface area (Å²) in [5, 5.41) is 8.78. The van der Waals surface area contributed by atoms with Gasteiger partial charge in [0.2, 0.25) is 0 Å². The van der Waals surface area contributed by atoms with E-state index in [4.69, 9.17) is 0 Å². The van der Waals surface area contributed by atoms with Gasteiger partial charge in [-0.3, -0.25) is 0 Å². The largest absolute Gasteiger partial charge is 0.393 e. The molecule has 34 heavy (non-hydrogen) atoms. The molecule has 1 N–H and O–H groups in total. The van der Waals surface area contributed by atoms with E-state index in [1.54, 1.807) is 6.07 Å². The Bertz CT molecular complexity index is 1250. The van der Waals surface area contributed by atoms with Crippen LogP contribution in [0, 0.1) is 0 Å². The lowest BCUT2D eigenvalue weighted by atomic mass is 10.2. The molecule has 0 bridgehead atoms. The van der Waals surface area contributed by atoms with E-state index in [0.717, 1.165) is 48.4 Å². The van der Waals surface area contributed by atoms with Gasteiger partial charge in [0.05, 0.1) is 23.7 Å². The number of para-hydroxylation sites is 1. The van der Waals surface area contributed by atoms with Gasteiger partial charge in [0, 0.05) is 42.3 Å². The van der Waals surface area contributed by atoms with Crippen molar-refractivity contribution in [1.29, 1.82) is 0 Å². The lowest BCUT2D eigenvalue weighted by Gasteiger charge is -2.26. The summed E-state index contributed by atoms with van der Waals surface area (Å²) in [5.41, 5.74) is 2.15. The van der Waals surface area contributed by atoms with Gasteiger partial charge in [-0.25, -0.2) is 14.6 Å². The molecule has 2 atom stereocenters. The summed E-state index contributed by atoms with van der Waals surface area (Å²) in [6.07, 6.45) is 3.14. The standard InChI is InChI=1S/C24H25F3N6S/c1-32(22-21-10-20(11-24(25,26)27)34-23(21)30-15-29-22)19-8-7-17(9-19)28-12-16-13-31-33(14-16)18-5-3-2-4-6-18/h2-6,10,13-15,17,19,28H,7-9,11-12H2,1H3/t17-,19+/m0/s1. The van der Waals surface area contributed by atoms with Gasteiger partial charge in [0.1, 0.15) is 17.0 Å². The highest BCUT2D eigenvalue weighted by Gasteiger charge is 2.31. The van der Waals surface area contributed by atoms with Crippen molar-refractivity contribution in [3.8, 4) is 5.69 Å². The predicted molar refractivity (Wildman–Crippen MR) is 127 cm³/mol. The molecule has 1 aromatic carbocycles. The van der Waals surface area contributed by atoms with Crippen LogP contribution in [0.3, 0.4) is 0 Å². The van der Waals surface area contributed by atoms with Gasteiger partial charge in [0.25, 0.3) is 0 Å². The highest BCUT2D eigenvalue weighted by Crippen LogP contribution is 2.35. The van der Waals surface area contributed by atoms with Crippen molar-refractivity contribution in [2.45, 2.75) is 50.5 Å². The summed E-state index contributed by atoms with van der Waals surface area (Å²) in [5.74, 6) is 0.699. The second-order valence-corrected chi connectivity index (χ2v) is 9.82. The van der Waals surface area contributed by atoms with E-state index in [0.29, 0.717) is 22.1 Å². The van der Waals surface area contributed by atoms with Crippen LogP contribution >= 0.6 is 11.3 Å². The number of nitrogens with one attached hydrogen (secondary N) is 1. The van der Waals surface area contributed by atoms with Gasteiger partial charge in [-0.15, -0.1) is 11.3 Å². The molecule has 1 fully saturated rings. The molecule has 0 aliphatic heterocycles. The highest BCUT2D eigenvalue weighted by molar-refractivity contribution is 7.18. The lowest BCUT2D eigenvalue weighted by Crippen LogP contribution is -2.33. The third-order valence-corrected chi connectivity index (χ3v) is 7.32. The zero-order valence-corrected chi connectivity index (χ0v) is 19.5. The molecule has 1 saturated carbocycles. The van der Waals surface area contributed by atoms with E-state index in [9.17, 15) is 13.2 Å². The molecule has 3 heterocycles. The summed E-state index contributed by atoms with van der Waals surface area (Å²) in [6, 6.07) is 12.2. The molecular weight excluding hydrogens is 461 g/mol. The Morgan fingerprint density at radius 2 is 2.00 bits per heavy atom. The fourth-order valence-corrected chi connectivity index (χ4v) is 5.58. The van der Waals surface area contributed by atoms with E-state index in [1.807, 2.05) is 54.5 Å². The Morgan fingerprint density at radius 3 is 2.79 bits per heavy atom. The van der Waals surface area contributed by atoms with Crippen molar-refractivity contribution in [3.05, 3.63) is 65.6 Å². The van der Waals surface area contributed by atoms with Gasteiger partial charge in [-0.2, -0.15) is 18.3 Å². The maximum atomic E-state index is 12.8. The van der Waals surface area contributed by atoms with Crippen molar-refractivity contribution in [2.24, 2.45) is 0 Å². The molecule has 1 aliphatic rings. The second-order valence-electron chi connectivity index (χ2n) is 8.71. The molecule has 5 rings (SSSR count). The fourth-order valence-electron chi connectivity index (χ4n) is 4.56. The molecule has 6 nitrogen and oxygen atoms in total. The van der Waals surface area contributed by atoms with E-state index in [1.165, 1.54) is 6.33 Å². The van der Waals surface area contributed by atoms with Gasteiger partial charge >= 0.3 is 6.18 Å². The molecule has 10 heteroatoms. The molecular formula is C24H25F3N6S. The summed E-state index contributed by atoms with van der Waals surface area (Å²) in [4.78, 5) is 11.6. The Kier molecular flexibility index (Phi) is 6.26. The molecule has 1 aliphatic carbocycles. The number of benzene rings is 1. The zero-order chi connectivity index (χ0) is 23.7. The van der Waals surface area contributed by atoms with Crippen LogP contribution in [0.2, 0.25) is 0 Å². The van der Waals surface area contributed by atoms with Gasteiger partial charge in [-0.1, -0.05) is 18.2 Å². The van der Waals surface area contributed by atoms with Gasteiger partial charge in [-0.05, 0) is 37.5 Å². The van der Waals surface area contributed by atoms with Crippen molar-refractivity contribution < 1.29 is 13.2 Å². The van der Waals surface area contributed by atoms with Crippen molar-refractivity contribution in [3.63, 3.8) is 0 Å². The SMILES string of the molecule is CN(c1ncnc2sc(CC(F)(F)F)cc12)[C@@H]1CC[C@H](NCc2cnn(-c3ccccc3)c2)C1. The molecule has 0 spiro atoms. The highest BCUT2D eigenvalue weighted by atomic mass is 32.1. The predicted octanol–water partition coefficient (Wildman–Crippen LogP) is 5.13. The van der Waals surface area contributed by atoms with E-state index < -0.39 is 12.6 Å². The minimum atomic E-state index is -4.23. The number of rotatable bonds is 7. The van der Waals surface area contributed by atoms with Crippen molar-refractivity contribution in [1.82, 2.24) is 25.1 Å². The number of hydrogen-bond acceptors (Lipinski definition) is 6. The lowest BCUT2D eigenvalue weighted by molar-refractivity contribution is -0.126. The summed E-state index contributed by atoms with van der Waals surface area (Å²) in [7, 11) is 1.97. The molecule has 178 valence electrons. The van der Waals surface area contributed by atoms with Crippen LogP contribution in [0.25, 0.3) is 15.9 Å². The number of aromatic nitrogens is 4. The van der Waals surface area contributed by atoms with Crippen LogP contribution in [0.1, 0.15) is 29.7 Å². The molecule has 4 aromatic rings. The van der Waals surface area contributed by atoms with Crippen LogP contribution in [0.5, 0.6) is 0 Å². The first-order chi connectivity index (χ1) is 16.4. The maximum absolute atomic E-state index is 12.8. The number of alkyl halides is 3. The number of nitrogens with zero attached hydrogens (tertiary/aromatic N) is 5. The summed E-state index contributed by atoms with van der Waals surface area (Å²) < 4.78 is 40.4. The maximum Gasteiger partial charge on any atom is 0.393 e. The van der Waals surface area contributed by atoms with Crippen LogP contribution in [0.4, 0.5) is 19.0 Å². The summed E-state index contributed by atoms with van der Waals surface area (Å²) >= 11 is 1.09. The molecule has 3 aromatic heterocycles. The number of anilines is 1. The third-order valence-electron chi connectivity index (χ3n) is 6.27. The quantitative estimate of drug-likeness (QED) is 0.393. The molecule has 0 unspecified atom stereocenters. The minimum absolute atomic E-state index is 0.258. The summed E-state index contributed by atoms with van der Waals surface area (Å²) in [6.45, 7) is 0.733. The van der Waals surface area contributed by atoms with E-state index >= 15 is 0 Å². The third kappa shape index (κ3) is 5.07. The average molecular weight is 487 g/mol. The zero-order valence-electron chi connectivity index (χ0n) is 18.7. The Labute approximate surface area is 199 Å². The molecule has 0 amide bonds. The Hall–Kier alpha value is -2.98. The van der Waals surface area contributed by atoms with Crippen molar-refractivity contribution >= 4 is 27.4 Å². The molecule has 0 saturated heterocycles. The number of fused-ring (bicyclic) bond motifs is 1. The van der Waals surface area contributed by atoms with E-state index in [2.05, 4.69) is 25.3 Å². The monoisotopic (exact) mass is 486 g/mol. The average Bonchev–Trinajstić information content (AvgIpc) is 3.55. The molecule has 0 radical (unpaired) electrons. The fraction of sp³-hybridized carbons (Fsp3) is 0.375. The van der Waals surface area contributed by atoms with Gasteiger partial charge in [0.15, 0.2) is 0 Å².